The highest BCUT2D eigenvalue weighted by Gasteiger charge is 2.15. The number of carbonyl (C=O) groups is 1. The maximum Gasteiger partial charge on any atom is 0.274 e. The summed E-state index contributed by atoms with van der Waals surface area (Å²) in [5.74, 6) is 0.0984. The van der Waals surface area contributed by atoms with Gasteiger partial charge >= 0.3 is 0 Å². The van der Waals surface area contributed by atoms with Gasteiger partial charge in [-0.3, -0.25) is 9.59 Å². The SMILES string of the molecule is CC(C)Cn1nc(CC(=O)Nc2cccc3c2ccn3Cc2ccccc2)c2ccccc2c1=O. The zero-order valence-electron chi connectivity index (χ0n) is 19.9. The van der Waals surface area contributed by atoms with E-state index < -0.39 is 0 Å². The van der Waals surface area contributed by atoms with Crippen LogP contribution in [-0.4, -0.2) is 20.3 Å². The van der Waals surface area contributed by atoms with Crippen molar-refractivity contribution in [3.8, 4) is 0 Å². The molecule has 6 heteroatoms. The smallest absolute Gasteiger partial charge is 0.274 e. The largest absolute Gasteiger partial charge is 0.343 e. The van der Waals surface area contributed by atoms with Crippen molar-refractivity contribution in [1.29, 1.82) is 0 Å². The van der Waals surface area contributed by atoms with Gasteiger partial charge in [-0.15, -0.1) is 0 Å². The number of hydrogen-bond acceptors (Lipinski definition) is 3. The van der Waals surface area contributed by atoms with Crippen LogP contribution in [0, 0.1) is 5.92 Å². The normalized spacial score (nSPS) is 11.4. The topological polar surface area (TPSA) is 68.9 Å². The second-order valence-corrected chi connectivity index (χ2v) is 9.27. The van der Waals surface area contributed by atoms with E-state index in [1.54, 1.807) is 6.07 Å². The summed E-state index contributed by atoms with van der Waals surface area (Å²) in [6.45, 7) is 5.35. The van der Waals surface area contributed by atoms with Crippen molar-refractivity contribution in [3.05, 3.63) is 107 Å². The Bertz CT molecular complexity index is 1560. The lowest BCUT2D eigenvalue weighted by molar-refractivity contribution is -0.115. The standard InChI is InChI=1S/C29H28N4O2/c1-20(2)18-33-29(35)23-12-7-6-11-22(23)26(31-33)17-28(34)30-25-13-8-14-27-24(25)15-16-32(27)19-21-9-4-3-5-10-21/h3-16,20H,17-19H2,1-2H3,(H,30,34). The molecule has 35 heavy (non-hydrogen) atoms. The third-order valence-corrected chi connectivity index (χ3v) is 6.09. The predicted molar refractivity (Wildman–Crippen MR) is 141 cm³/mol. The van der Waals surface area contributed by atoms with Gasteiger partial charge in [0, 0.05) is 30.1 Å². The molecule has 0 bridgehead atoms. The molecule has 2 heterocycles. The molecule has 0 aliphatic carbocycles. The molecular formula is C29H28N4O2. The van der Waals surface area contributed by atoms with Crippen LogP contribution in [0.3, 0.4) is 0 Å². The van der Waals surface area contributed by atoms with Crippen LogP contribution in [0.2, 0.25) is 0 Å². The average Bonchev–Trinajstić information content (AvgIpc) is 3.26. The van der Waals surface area contributed by atoms with E-state index in [1.807, 2.05) is 74.6 Å². The molecule has 1 amide bonds. The Hall–Kier alpha value is -4.19. The van der Waals surface area contributed by atoms with E-state index in [1.165, 1.54) is 10.2 Å². The van der Waals surface area contributed by atoms with E-state index in [2.05, 4.69) is 33.2 Å². The molecule has 3 aromatic carbocycles. The molecule has 5 aromatic rings. The van der Waals surface area contributed by atoms with Crippen molar-refractivity contribution in [2.45, 2.75) is 33.4 Å². The molecule has 0 atom stereocenters. The number of benzene rings is 3. The number of nitrogens with zero attached hydrogens (tertiary/aromatic N) is 3. The summed E-state index contributed by atoms with van der Waals surface area (Å²) in [6, 6.07) is 25.6. The summed E-state index contributed by atoms with van der Waals surface area (Å²) in [5.41, 5.74) is 3.52. The highest BCUT2D eigenvalue weighted by molar-refractivity contribution is 6.03. The quantitative estimate of drug-likeness (QED) is 0.358. The lowest BCUT2D eigenvalue weighted by Crippen LogP contribution is -2.28. The monoisotopic (exact) mass is 464 g/mol. The van der Waals surface area contributed by atoms with Crippen LogP contribution in [0.5, 0.6) is 0 Å². The fourth-order valence-corrected chi connectivity index (χ4v) is 4.50. The van der Waals surface area contributed by atoms with Gasteiger partial charge in [0.2, 0.25) is 5.91 Å². The van der Waals surface area contributed by atoms with E-state index in [9.17, 15) is 9.59 Å². The van der Waals surface area contributed by atoms with Crippen molar-refractivity contribution >= 4 is 33.3 Å². The Balaban J connectivity index is 1.42. The van der Waals surface area contributed by atoms with Gasteiger partial charge < -0.3 is 9.88 Å². The Kier molecular flexibility index (Phi) is 6.19. The van der Waals surface area contributed by atoms with Crippen LogP contribution in [0.15, 0.2) is 89.9 Å². The van der Waals surface area contributed by atoms with Gasteiger partial charge in [0.15, 0.2) is 0 Å². The van der Waals surface area contributed by atoms with Gasteiger partial charge in [-0.05, 0) is 35.7 Å². The zero-order chi connectivity index (χ0) is 24.4. The van der Waals surface area contributed by atoms with Crippen LogP contribution in [-0.2, 0) is 24.3 Å². The number of fused-ring (bicyclic) bond motifs is 2. The molecule has 0 fully saturated rings. The van der Waals surface area contributed by atoms with Gasteiger partial charge in [-0.2, -0.15) is 5.10 Å². The molecule has 176 valence electrons. The fourth-order valence-electron chi connectivity index (χ4n) is 4.50. The number of nitrogens with one attached hydrogen (secondary N) is 1. The highest BCUT2D eigenvalue weighted by Crippen LogP contribution is 2.26. The van der Waals surface area contributed by atoms with E-state index in [4.69, 9.17) is 0 Å². The summed E-state index contributed by atoms with van der Waals surface area (Å²) in [5, 5.41) is 9.94. The third-order valence-electron chi connectivity index (χ3n) is 6.09. The first-order chi connectivity index (χ1) is 17.0. The molecule has 0 aliphatic heterocycles. The molecular weight excluding hydrogens is 436 g/mol. The van der Waals surface area contributed by atoms with Crippen molar-refractivity contribution in [3.63, 3.8) is 0 Å². The maximum absolute atomic E-state index is 13.1. The second kappa shape index (κ2) is 9.58. The average molecular weight is 465 g/mol. The molecule has 0 spiro atoms. The summed E-state index contributed by atoms with van der Waals surface area (Å²) in [6.07, 6.45) is 2.13. The van der Waals surface area contributed by atoms with Crippen LogP contribution in [0.25, 0.3) is 21.7 Å². The Morgan fingerprint density at radius 1 is 0.886 bits per heavy atom. The number of anilines is 1. The van der Waals surface area contributed by atoms with Crippen molar-refractivity contribution in [2.75, 3.05) is 5.32 Å². The Labute approximate surface area is 203 Å². The van der Waals surface area contributed by atoms with E-state index in [-0.39, 0.29) is 23.8 Å². The van der Waals surface area contributed by atoms with E-state index >= 15 is 0 Å². The summed E-state index contributed by atoms with van der Waals surface area (Å²) in [7, 11) is 0. The summed E-state index contributed by atoms with van der Waals surface area (Å²) in [4.78, 5) is 26.0. The molecule has 5 rings (SSSR count). The fraction of sp³-hybridized carbons (Fsp3) is 0.207. The third kappa shape index (κ3) is 4.73. The van der Waals surface area contributed by atoms with Crippen molar-refractivity contribution < 1.29 is 4.79 Å². The van der Waals surface area contributed by atoms with Gasteiger partial charge in [0.25, 0.3) is 5.56 Å². The Morgan fingerprint density at radius 3 is 2.40 bits per heavy atom. The highest BCUT2D eigenvalue weighted by atomic mass is 16.1. The maximum atomic E-state index is 13.1. The molecule has 0 saturated carbocycles. The Morgan fingerprint density at radius 2 is 1.63 bits per heavy atom. The number of amides is 1. The van der Waals surface area contributed by atoms with Crippen LogP contribution in [0.4, 0.5) is 5.69 Å². The number of carbonyl (C=O) groups excluding carboxylic acids is 1. The first-order valence-corrected chi connectivity index (χ1v) is 11.9. The molecule has 0 aliphatic rings. The van der Waals surface area contributed by atoms with Crippen molar-refractivity contribution in [1.82, 2.24) is 14.3 Å². The predicted octanol–water partition coefficient (Wildman–Crippen LogP) is 5.24. The lowest BCUT2D eigenvalue weighted by Gasteiger charge is -2.13. The molecule has 0 unspecified atom stereocenters. The number of aromatic nitrogens is 3. The zero-order valence-corrected chi connectivity index (χ0v) is 19.9. The summed E-state index contributed by atoms with van der Waals surface area (Å²) < 4.78 is 3.66. The molecule has 6 nitrogen and oxygen atoms in total. The first-order valence-electron chi connectivity index (χ1n) is 11.9. The minimum absolute atomic E-state index is 0.0833. The van der Waals surface area contributed by atoms with Crippen LogP contribution in [0.1, 0.15) is 25.1 Å². The number of hydrogen-bond donors (Lipinski definition) is 1. The molecule has 0 radical (unpaired) electrons. The van der Waals surface area contributed by atoms with Crippen molar-refractivity contribution in [2.24, 2.45) is 5.92 Å². The molecule has 2 aromatic heterocycles. The van der Waals surface area contributed by atoms with Gasteiger partial charge in [0.05, 0.1) is 28.7 Å². The lowest BCUT2D eigenvalue weighted by atomic mass is 10.1. The van der Waals surface area contributed by atoms with Crippen LogP contribution < -0.4 is 10.9 Å². The minimum Gasteiger partial charge on any atom is -0.343 e. The molecule has 0 saturated heterocycles. The van der Waals surface area contributed by atoms with Gasteiger partial charge in [-0.1, -0.05) is 68.4 Å². The number of rotatable bonds is 7. The van der Waals surface area contributed by atoms with Crippen LogP contribution >= 0.6 is 0 Å². The molecule has 1 N–H and O–H groups in total. The van der Waals surface area contributed by atoms with E-state index in [0.29, 0.717) is 17.6 Å². The van der Waals surface area contributed by atoms with Gasteiger partial charge in [-0.25, -0.2) is 4.68 Å². The van der Waals surface area contributed by atoms with Gasteiger partial charge in [0.1, 0.15) is 0 Å². The van der Waals surface area contributed by atoms with E-state index in [0.717, 1.165) is 28.5 Å². The minimum atomic E-state index is -0.166. The second-order valence-electron chi connectivity index (χ2n) is 9.27. The first kappa shape index (κ1) is 22.6. The summed E-state index contributed by atoms with van der Waals surface area (Å²) >= 11 is 0.